The molecule has 5 rings (SSSR count). The minimum atomic E-state index is -3.84. The molecule has 0 amide bonds. The molecule has 3 N–H and O–H groups in total. The zero-order chi connectivity index (χ0) is 30.8. The van der Waals surface area contributed by atoms with Gasteiger partial charge in [-0.2, -0.15) is 13.8 Å². The smallest absolute Gasteiger partial charge is 0.351 e. The van der Waals surface area contributed by atoms with E-state index in [-0.39, 0.29) is 5.82 Å². The van der Waals surface area contributed by atoms with Crippen LogP contribution in [0.25, 0.3) is 0 Å². The molecule has 1 aromatic heterocycles. The Kier molecular flexibility index (Phi) is 8.36. The Morgan fingerprint density at radius 2 is 1.30 bits per heavy atom. The van der Waals surface area contributed by atoms with Crippen molar-refractivity contribution >= 4 is 5.82 Å². The monoisotopic (exact) mass is 595 g/mol. The number of nitrogens with one attached hydrogen (secondary N) is 1. The normalized spacial score (nSPS) is 19.6. The van der Waals surface area contributed by atoms with Gasteiger partial charge in [0.1, 0.15) is 34.7 Å². The van der Waals surface area contributed by atoms with Crippen LogP contribution in [-0.4, -0.2) is 65.8 Å². The van der Waals surface area contributed by atoms with Crippen LogP contribution in [0.3, 0.4) is 0 Å². The first-order chi connectivity index (χ1) is 20.7. The lowest BCUT2D eigenvalue weighted by Crippen LogP contribution is -2.42. The Hall–Kier alpha value is -4.52. The van der Waals surface area contributed by atoms with Gasteiger partial charge in [-0.15, -0.1) is 0 Å². The van der Waals surface area contributed by atoms with E-state index in [0.717, 1.165) is 22.9 Å². The molecule has 2 heterocycles. The molecule has 3 atom stereocenters. The van der Waals surface area contributed by atoms with Gasteiger partial charge in [0.05, 0.1) is 27.9 Å². The fourth-order valence-electron chi connectivity index (χ4n) is 5.21. The summed E-state index contributed by atoms with van der Waals surface area (Å²) in [5.74, 6) is -1.88. The average Bonchev–Trinajstić information content (AvgIpc) is 3.27. The van der Waals surface area contributed by atoms with E-state index in [1.807, 2.05) is 36.4 Å². The molecule has 0 bridgehead atoms. The Morgan fingerprint density at radius 3 is 1.65 bits per heavy atom. The zero-order valence-corrected chi connectivity index (χ0v) is 23.6. The number of aliphatic hydroxyl groups is 2. The first-order valence-electron chi connectivity index (χ1n) is 13.3. The highest BCUT2D eigenvalue weighted by Gasteiger charge is 2.59. The molecule has 10 nitrogen and oxygen atoms in total. The molecular weight excluding hydrogens is 564 g/mol. The fraction of sp³-hybridized carbons (Fsp3) is 0.290. The van der Waals surface area contributed by atoms with Gasteiger partial charge in [0.2, 0.25) is 6.23 Å². The van der Waals surface area contributed by atoms with Crippen LogP contribution < -0.4 is 25.2 Å². The Morgan fingerprint density at radius 1 is 0.860 bits per heavy atom. The van der Waals surface area contributed by atoms with Crippen molar-refractivity contribution in [2.45, 2.75) is 29.9 Å². The molecule has 3 aromatic carbocycles. The molecule has 4 aromatic rings. The number of aromatic nitrogens is 2. The summed E-state index contributed by atoms with van der Waals surface area (Å²) in [6.07, 6.45) is -4.88. The highest BCUT2D eigenvalue weighted by atomic mass is 19.3. The number of hydrogen-bond donors (Lipinski definition) is 3. The predicted octanol–water partition coefficient (Wildman–Crippen LogP) is 3.56. The van der Waals surface area contributed by atoms with Crippen LogP contribution in [-0.2, 0) is 10.3 Å². The van der Waals surface area contributed by atoms with Crippen molar-refractivity contribution in [1.29, 1.82) is 0 Å². The van der Waals surface area contributed by atoms with Crippen molar-refractivity contribution in [3.63, 3.8) is 0 Å². The predicted molar refractivity (Wildman–Crippen MR) is 153 cm³/mol. The maximum atomic E-state index is 14.8. The SMILES string of the molecule is COc1ccc(C(Nc2ccn([C@@H]3O[C@H](CO)[C@H](O)C3(F)F)c(=O)n2)(c2ccc(OC)cc2)c2ccc(OC)cc2)cc1. The lowest BCUT2D eigenvalue weighted by atomic mass is 9.77. The number of ether oxygens (including phenoxy) is 4. The standard InChI is InChI=1S/C31H31F2N3O7/c1-40-22-10-4-19(5-11-22)30(20-6-12-23(41-2)13-7-20,21-8-14-24(42-3)15-9-21)35-26-16-17-36(29(39)34-26)28-31(32,33)27(38)25(18-37)43-28/h4-17,25,27-28,37-38H,18H2,1-3H3,(H,34,35,39)/t25-,27+,28-/m1/s1. The maximum Gasteiger partial charge on any atom is 0.351 e. The lowest BCUT2D eigenvalue weighted by molar-refractivity contribution is -0.140. The van der Waals surface area contributed by atoms with Gasteiger partial charge in [0.15, 0.2) is 6.10 Å². The molecule has 43 heavy (non-hydrogen) atoms. The number of rotatable bonds is 10. The van der Waals surface area contributed by atoms with Crippen molar-refractivity contribution in [1.82, 2.24) is 9.55 Å². The summed E-state index contributed by atoms with van der Waals surface area (Å²) < 4.78 is 51.5. The molecule has 0 spiro atoms. The summed E-state index contributed by atoms with van der Waals surface area (Å²) in [7, 11) is 4.68. The molecule has 0 saturated carbocycles. The lowest BCUT2D eigenvalue weighted by Gasteiger charge is -2.37. The van der Waals surface area contributed by atoms with Crippen molar-refractivity contribution < 1.29 is 37.9 Å². The molecule has 0 radical (unpaired) electrons. The summed E-state index contributed by atoms with van der Waals surface area (Å²) in [5.41, 5.74) is 0.0219. The summed E-state index contributed by atoms with van der Waals surface area (Å²) in [5, 5.41) is 22.7. The van der Waals surface area contributed by atoms with Crippen LogP contribution in [0.2, 0.25) is 0 Å². The van der Waals surface area contributed by atoms with E-state index in [9.17, 15) is 23.8 Å². The van der Waals surface area contributed by atoms with E-state index < -0.39 is 42.2 Å². The molecule has 1 aliphatic heterocycles. The molecule has 1 fully saturated rings. The van der Waals surface area contributed by atoms with Crippen molar-refractivity contribution in [3.8, 4) is 17.2 Å². The highest BCUT2D eigenvalue weighted by Crippen LogP contribution is 2.43. The molecule has 1 saturated heterocycles. The molecule has 0 aliphatic carbocycles. The number of halogens is 2. The summed E-state index contributed by atoms with van der Waals surface area (Å²) in [6, 6.07) is 23.4. The highest BCUT2D eigenvalue weighted by molar-refractivity contribution is 5.59. The number of nitrogens with zero attached hydrogens (tertiary/aromatic N) is 2. The van der Waals surface area contributed by atoms with E-state index in [1.54, 1.807) is 57.7 Å². The number of anilines is 1. The second-order valence-corrected chi connectivity index (χ2v) is 9.89. The van der Waals surface area contributed by atoms with Gasteiger partial charge in [-0.3, -0.25) is 4.57 Å². The van der Waals surface area contributed by atoms with Crippen LogP contribution in [0.15, 0.2) is 89.9 Å². The number of aliphatic hydroxyl groups excluding tert-OH is 2. The van der Waals surface area contributed by atoms with Gasteiger partial charge in [-0.25, -0.2) is 4.79 Å². The summed E-state index contributed by atoms with van der Waals surface area (Å²) in [6.45, 7) is -0.844. The van der Waals surface area contributed by atoms with Crippen LogP contribution in [0.4, 0.5) is 14.6 Å². The largest absolute Gasteiger partial charge is 0.497 e. The van der Waals surface area contributed by atoms with Gasteiger partial charge in [0.25, 0.3) is 0 Å². The Labute approximate surface area is 246 Å². The number of methoxy groups -OCH3 is 3. The Balaban J connectivity index is 1.66. The minimum absolute atomic E-state index is 0.0734. The zero-order valence-electron chi connectivity index (χ0n) is 23.6. The van der Waals surface area contributed by atoms with E-state index in [2.05, 4.69) is 10.3 Å². The van der Waals surface area contributed by atoms with E-state index in [0.29, 0.717) is 21.8 Å². The molecule has 1 aliphatic rings. The minimum Gasteiger partial charge on any atom is -0.497 e. The van der Waals surface area contributed by atoms with E-state index in [1.165, 1.54) is 6.07 Å². The van der Waals surface area contributed by atoms with Crippen molar-refractivity contribution in [2.24, 2.45) is 0 Å². The molecular formula is C31H31F2N3O7. The van der Waals surface area contributed by atoms with Crippen LogP contribution in [0, 0.1) is 0 Å². The van der Waals surface area contributed by atoms with E-state index in [4.69, 9.17) is 18.9 Å². The van der Waals surface area contributed by atoms with Crippen LogP contribution >= 0.6 is 0 Å². The third-order valence-corrected chi connectivity index (χ3v) is 7.53. The second kappa shape index (κ2) is 12.0. The number of hydrogen-bond acceptors (Lipinski definition) is 9. The Bertz CT molecular complexity index is 1480. The van der Waals surface area contributed by atoms with Crippen LogP contribution in [0.5, 0.6) is 17.2 Å². The van der Waals surface area contributed by atoms with Gasteiger partial charge >= 0.3 is 11.6 Å². The summed E-state index contributed by atoms with van der Waals surface area (Å²) in [4.78, 5) is 17.3. The van der Waals surface area contributed by atoms with Gasteiger partial charge < -0.3 is 34.5 Å². The second-order valence-electron chi connectivity index (χ2n) is 9.89. The van der Waals surface area contributed by atoms with Gasteiger partial charge in [-0.1, -0.05) is 36.4 Å². The van der Waals surface area contributed by atoms with Crippen LogP contribution in [0.1, 0.15) is 22.9 Å². The van der Waals surface area contributed by atoms with Crippen molar-refractivity contribution in [3.05, 3.63) is 112 Å². The average molecular weight is 596 g/mol. The number of benzene rings is 3. The molecule has 226 valence electrons. The van der Waals surface area contributed by atoms with Gasteiger partial charge in [-0.05, 0) is 59.2 Å². The third-order valence-electron chi connectivity index (χ3n) is 7.53. The van der Waals surface area contributed by atoms with E-state index >= 15 is 0 Å². The topological polar surface area (TPSA) is 124 Å². The first-order valence-corrected chi connectivity index (χ1v) is 13.3. The third kappa shape index (κ3) is 5.40. The molecule has 12 heteroatoms. The number of alkyl halides is 2. The maximum absolute atomic E-state index is 14.8. The summed E-state index contributed by atoms with van der Waals surface area (Å²) >= 11 is 0. The van der Waals surface area contributed by atoms with Crippen molar-refractivity contribution in [2.75, 3.05) is 33.3 Å². The van der Waals surface area contributed by atoms with Gasteiger partial charge in [0, 0.05) is 6.20 Å². The first kappa shape index (κ1) is 30.0. The molecule has 0 unspecified atom stereocenters. The fourth-order valence-corrected chi connectivity index (χ4v) is 5.21. The quantitative estimate of drug-likeness (QED) is 0.236.